The Morgan fingerprint density at radius 2 is 1.97 bits per heavy atom. The highest BCUT2D eigenvalue weighted by Gasteiger charge is 2.34. The number of benzene rings is 2. The molecule has 2 aromatic carbocycles. The van der Waals surface area contributed by atoms with Gasteiger partial charge in [0.1, 0.15) is 11.5 Å². The highest BCUT2D eigenvalue weighted by Crippen LogP contribution is 2.38. The molecule has 1 aliphatic rings. The Bertz CT molecular complexity index is 991. The number of halogens is 2. The number of hydrogen-bond acceptors (Lipinski definition) is 4. The molecule has 3 amide bonds. The lowest BCUT2D eigenvalue weighted by atomic mass is 10.1. The third-order valence-corrected chi connectivity index (χ3v) is 4.75. The number of hydrogen-bond donors (Lipinski definition) is 1. The molecule has 0 atom stereocenters. The van der Waals surface area contributed by atoms with Crippen LogP contribution in [0.2, 0.25) is 0 Å². The molecular formula is C21H20BrFN2O4. The van der Waals surface area contributed by atoms with E-state index in [-0.39, 0.29) is 23.9 Å². The van der Waals surface area contributed by atoms with Crippen LogP contribution in [0.5, 0.6) is 11.5 Å². The van der Waals surface area contributed by atoms with Crippen molar-refractivity contribution in [1.82, 2.24) is 10.2 Å². The molecule has 8 heteroatoms. The van der Waals surface area contributed by atoms with Crippen LogP contribution in [0.4, 0.5) is 9.18 Å². The van der Waals surface area contributed by atoms with Crippen LogP contribution in [-0.2, 0) is 11.3 Å². The summed E-state index contributed by atoms with van der Waals surface area (Å²) < 4.78 is 25.7. The van der Waals surface area contributed by atoms with Gasteiger partial charge in [-0.2, -0.15) is 0 Å². The Hall–Kier alpha value is -2.87. The van der Waals surface area contributed by atoms with Crippen LogP contribution in [0, 0.1) is 5.82 Å². The highest BCUT2D eigenvalue weighted by molar-refractivity contribution is 9.10. The second-order valence-corrected chi connectivity index (χ2v) is 7.53. The minimum atomic E-state index is -0.602. The van der Waals surface area contributed by atoms with Gasteiger partial charge in [0.2, 0.25) is 0 Å². The zero-order valence-corrected chi connectivity index (χ0v) is 17.7. The molecule has 29 heavy (non-hydrogen) atoms. The van der Waals surface area contributed by atoms with Crippen molar-refractivity contribution in [2.45, 2.75) is 26.5 Å². The van der Waals surface area contributed by atoms with Crippen LogP contribution in [-0.4, -0.2) is 30.1 Å². The predicted molar refractivity (Wildman–Crippen MR) is 110 cm³/mol. The molecule has 0 radical (unpaired) electrons. The van der Waals surface area contributed by atoms with Crippen molar-refractivity contribution in [1.29, 1.82) is 0 Å². The molecule has 152 valence electrons. The molecular weight excluding hydrogens is 443 g/mol. The van der Waals surface area contributed by atoms with E-state index in [1.807, 2.05) is 13.8 Å². The summed E-state index contributed by atoms with van der Waals surface area (Å²) in [7, 11) is 1.52. The monoisotopic (exact) mass is 462 g/mol. The van der Waals surface area contributed by atoms with Crippen molar-refractivity contribution in [2.24, 2.45) is 0 Å². The largest absolute Gasteiger partial charge is 0.493 e. The van der Waals surface area contributed by atoms with Crippen LogP contribution in [0.3, 0.4) is 0 Å². The average Bonchev–Trinajstić information content (AvgIpc) is 2.92. The molecule has 1 heterocycles. The van der Waals surface area contributed by atoms with Gasteiger partial charge in [-0.05, 0) is 59.6 Å². The van der Waals surface area contributed by atoms with Gasteiger partial charge in [-0.25, -0.2) is 9.18 Å². The van der Waals surface area contributed by atoms with Crippen LogP contribution >= 0.6 is 15.9 Å². The summed E-state index contributed by atoms with van der Waals surface area (Å²) in [6.07, 6.45) is 1.49. The third kappa shape index (κ3) is 4.59. The van der Waals surface area contributed by atoms with Gasteiger partial charge < -0.3 is 14.8 Å². The molecule has 1 N–H and O–H groups in total. The Labute approximate surface area is 176 Å². The van der Waals surface area contributed by atoms with E-state index in [0.29, 0.717) is 21.5 Å². The number of nitrogens with one attached hydrogen (secondary N) is 1. The molecule has 0 aromatic heterocycles. The number of ether oxygens (including phenoxy) is 2. The van der Waals surface area contributed by atoms with E-state index in [2.05, 4.69) is 21.2 Å². The number of carbonyl (C=O) groups excluding carboxylic acids is 2. The van der Waals surface area contributed by atoms with Crippen molar-refractivity contribution in [2.75, 3.05) is 7.11 Å². The number of imide groups is 1. The van der Waals surface area contributed by atoms with Crippen molar-refractivity contribution in [3.8, 4) is 11.5 Å². The van der Waals surface area contributed by atoms with Gasteiger partial charge in [0.05, 0.1) is 24.2 Å². The lowest BCUT2D eigenvalue weighted by molar-refractivity contribution is -0.123. The highest BCUT2D eigenvalue weighted by atomic mass is 79.9. The Balaban J connectivity index is 1.87. The Morgan fingerprint density at radius 3 is 2.62 bits per heavy atom. The molecule has 1 aliphatic heterocycles. The summed E-state index contributed by atoms with van der Waals surface area (Å²) in [4.78, 5) is 25.9. The second-order valence-electron chi connectivity index (χ2n) is 6.67. The molecule has 1 saturated heterocycles. The molecule has 3 rings (SSSR count). The van der Waals surface area contributed by atoms with E-state index >= 15 is 0 Å². The first-order chi connectivity index (χ1) is 13.8. The van der Waals surface area contributed by atoms with Gasteiger partial charge in [0.15, 0.2) is 11.5 Å². The number of urea groups is 1. The third-order valence-electron chi connectivity index (χ3n) is 4.16. The SMILES string of the molecule is COc1cc(C=C2NC(=O)N(Cc3ccccc3F)C2=O)cc(Br)c1OC(C)C. The first kappa shape index (κ1) is 20.9. The minimum Gasteiger partial charge on any atom is -0.493 e. The van der Waals surface area contributed by atoms with Crippen molar-refractivity contribution >= 4 is 33.9 Å². The summed E-state index contributed by atoms with van der Waals surface area (Å²) in [5.41, 5.74) is 0.982. The van der Waals surface area contributed by atoms with Crippen LogP contribution in [0.15, 0.2) is 46.6 Å². The average molecular weight is 463 g/mol. The maximum atomic E-state index is 13.9. The number of nitrogens with zero attached hydrogens (tertiary/aromatic N) is 1. The number of amides is 3. The topological polar surface area (TPSA) is 67.9 Å². The van der Waals surface area contributed by atoms with Crippen LogP contribution in [0.1, 0.15) is 25.0 Å². The zero-order chi connectivity index (χ0) is 21.1. The molecule has 0 aliphatic carbocycles. The smallest absolute Gasteiger partial charge is 0.329 e. The molecule has 0 unspecified atom stereocenters. The molecule has 1 fully saturated rings. The first-order valence-electron chi connectivity index (χ1n) is 8.92. The van der Waals surface area contributed by atoms with E-state index in [4.69, 9.17) is 9.47 Å². The van der Waals surface area contributed by atoms with Gasteiger partial charge >= 0.3 is 6.03 Å². The molecule has 0 spiro atoms. The second kappa shape index (κ2) is 8.65. The summed E-state index contributed by atoms with van der Waals surface area (Å²) in [6.45, 7) is 3.65. The summed E-state index contributed by atoms with van der Waals surface area (Å²) in [6, 6.07) is 8.88. The molecule has 2 aromatic rings. The van der Waals surface area contributed by atoms with E-state index in [0.717, 1.165) is 4.90 Å². The summed E-state index contributed by atoms with van der Waals surface area (Å²) in [5, 5.41) is 2.53. The normalized spacial score (nSPS) is 15.2. The van der Waals surface area contributed by atoms with E-state index in [1.54, 1.807) is 24.3 Å². The van der Waals surface area contributed by atoms with E-state index in [1.165, 1.54) is 25.3 Å². The van der Waals surface area contributed by atoms with Gasteiger partial charge in [-0.1, -0.05) is 18.2 Å². The fraction of sp³-hybridized carbons (Fsp3) is 0.238. The predicted octanol–water partition coefficient (Wildman–Crippen LogP) is 4.48. The number of rotatable bonds is 6. The van der Waals surface area contributed by atoms with Crippen LogP contribution < -0.4 is 14.8 Å². The van der Waals surface area contributed by atoms with E-state index < -0.39 is 17.8 Å². The van der Waals surface area contributed by atoms with Crippen LogP contribution in [0.25, 0.3) is 6.08 Å². The Morgan fingerprint density at radius 1 is 1.24 bits per heavy atom. The summed E-state index contributed by atoms with van der Waals surface area (Å²) >= 11 is 3.45. The van der Waals surface area contributed by atoms with Crippen molar-refractivity contribution in [3.63, 3.8) is 0 Å². The number of methoxy groups -OCH3 is 1. The van der Waals surface area contributed by atoms with Gasteiger partial charge in [-0.15, -0.1) is 0 Å². The first-order valence-corrected chi connectivity index (χ1v) is 9.71. The van der Waals surface area contributed by atoms with Gasteiger partial charge in [0, 0.05) is 5.56 Å². The molecule has 6 nitrogen and oxygen atoms in total. The minimum absolute atomic E-state index is 0.0490. The molecule has 0 saturated carbocycles. The fourth-order valence-corrected chi connectivity index (χ4v) is 3.41. The van der Waals surface area contributed by atoms with Gasteiger partial charge in [-0.3, -0.25) is 9.69 Å². The standard InChI is InChI=1S/C21H20BrFN2O4/c1-12(2)29-19-15(22)8-13(10-18(19)28-3)9-17-20(26)25(21(27)24-17)11-14-6-4-5-7-16(14)23/h4-10,12H,11H2,1-3H3,(H,24,27). The van der Waals surface area contributed by atoms with Crippen molar-refractivity contribution < 1.29 is 23.5 Å². The van der Waals surface area contributed by atoms with Gasteiger partial charge in [0.25, 0.3) is 5.91 Å². The van der Waals surface area contributed by atoms with E-state index in [9.17, 15) is 14.0 Å². The number of carbonyl (C=O) groups is 2. The van der Waals surface area contributed by atoms with Crippen molar-refractivity contribution in [3.05, 3.63) is 63.5 Å². The molecule has 0 bridgehead atoms. The quantitative estimate of drug-likeness (QED) is 0.507. The summed E-state index contributed by atoms with van der Waals surface area (Å²) in [5.74, 6) is 0.0308. The lowest BCUT2D eigenvalue weighted by Gasteiger charge is -2.16. The maximum Gasteiger partial charge on any atom is 0.329 e. The zero-order valence-electron chi connectivity index (χ0n) is 16.2. The Kier molecular flexibility index (Phi) is 6.22. The lowest BCUT2D eigenvalue weighted by Crippen LogP contribution is -2.30. The maximum absolute atomic E-state index is 13.9. The fourth-order valence-electron chi connectivity index (χ4n) is 2.85.